The van der Waals surface area contributed by atoms with Crippen molar-refractivity contribution in [2.45, 2.75) is 38.8 Å². The zero-order chi connectivity index (χ0) is 13.1. The van der Waals surface area contributed by atoms with Crippen LogP contribution < -0.4 is 5.32 Å². The zero-order valence-electron chi connectivity index (χ0n) is 10.4. The van der Waals surface area contributed by atoms with Gasteiger partial charge in [-0.3, -0.25) is 4.79 Å². The molecule has 98 valence electrons. The van der Waals surface area contributed by atoms with Crippen LogP contribution in [0.3, 0.4) is 0 Å². The first-order valence-electron chi connectivity index (χ1n) is 5.59. The third-order valence-corrected chi connectivity index (χ3v) is 3.49. The van der Waals surface area contributed by atoms with Gasteiger partial charge in [0.2, 0.25) is 0 Å². The van der Waals surface area contributed by atoms with Crippen molar-refractivity contribution < 1.29 is 19.4 Å². The molecular formula is C11H19NO4S. The molecule has 0 aromatic heterocycles. The summed E-state index contributed by atoms with van der Waals surface area (Å²) in [6, 6.07) is -0.330. The standard InChI is InChI=1S/C11H19NO4S/c1-11(2,3)16-10(15)12-8-4-5-17-6-7(8)9(13)14/h7-8H,4-6H2,1-3H3,(H,12,15)(H,13,14)/t7-,8-/m1/s1. The first-order valence-corrected chi connectivity index (χ1v) is 6.75. The van der Waals surface area contributed by atoms with Crippen molar-refractivity contribution >= 4 is 23.8 Å². The minimum absolute atomic E-state index is 0.330. The summed E-state index contributed by atoms with van der Waals surface area (Å²) in [7, 11) is 0. The summed E-state index contributed by atoms with van der Waals surface area (Å²) < 4.78 is 5.12. The third-order valence-electron chi connectivity index (χ3n) is 2.38. The predicted octanol–water partition coefficient (Wildman–Crippen LogP) is 1.72. The highest BCUT2D eigenvalue weighted by atomic mass is 32.2. The Kier molecular flexibility index (Phi) is 4.68. The van der Waals surface area contributed by atoms with Crippen LogP contribution in [0.15, 0.2) is 0 Å². The minimum atomic E-state index is -0.863. The molecule has 0 aliphatic carbocycles. The molecule has 0 aromatic carbocycles. The van der Waals surface area contributed by atoms with Crippen molar-refractivity contribution in [2.75, 3.05) is 11.5 Å². The number of nitrogens with one attached hydrogen (secondary N) is 1. The minimum Gasteiger partial charge on any atom is -0.481 e. The van der Waals surface area contributed by atoms with E-state index in [1.54, 1.807) is 32.5 Å². The van der Waals surface area contributed by atoms with Crippen LogP contribution in [0.4, 0.5) is 4.79 Å². The average molecular weight is 261 g/mol. The fourth-order valence-electron chi connectivity index (χ4n) is 1.61. The van der Waals surface area contributed by atoms with E-state index in [0.29, 0.717) is 12.2 Å². The van der Waals surface area contributed by atoms with Gasteiger partial charge in [-0.05, 0) is 32.9 Å². The number of hydrogen-bond acceptors (Lipinski definition) is 4. The van der Waals surface area contributed by atoms with Crippen molar-refractivity contribution in [1.82, 2.24) is 5.32 Å². The van der Waals surface area contributed by atoms with Gasteiger partial charge in [0.15, 0.2) is 0 Å². The Morgan fingerprint density at radius 2 is 2.06 bits per heavy atom. The highest BCUT2D eigenvalue weighted by Gasteiger charge is 2.33. The molecule has 2 atom stereocenters. The monoisotopic (exact) mass is 261 g/mol. The molecule has 0 bridgehead atoms. The second-order valence-corrected chi connectivity index (χ2v) is 6.21. The highest BCUT2D eigenvalue weighted by Crippen LogP contribution is 2.23. The molecular weight excluding hydrogens is 242 g/mol. The predicted molar refractivity (Wildman–Crippen MR) is 66.2 cm³/mol. The Hall–Kier alpha value is -0.910. The van der Waals surface area contributed by atoms with Crippen molar-refractivity contribution in [3.05, 3.63) is 0 Å². The van der Waals surface area contributed by atoms with Gasteiger partial charge in [0, 0.05) is 11.8 Å². The van der Waals surface area contributed by atoms with Gasteiger partial charge in [-0.2, -0.15) is 11.8 Å². The zero-order valence-corrected chi connectivity index (χ0v) is 11.2. The second-order valence-electron chi connectivity index (χ2n) is 5.06. The molecule has 1 fully saturated rings. The van der Waals surface area contributed by atoms with Crippen LogP contribution in [0.1, 0.15) is 27.2 Å². The Bertz CT molecular complexity index is 300. The molecule has 1 saturated heterocycles. The number of carbonyl (C=O) groups excluding carboxylic acids is 1. The molecule has 5 nitrogen and oxygen atoms in total. The van der Waals surface area contributed by atoms with E-state index in [1.807, 2.05) is 0 Å². The van der Waals surface area contributed by atoms with E-state index >= 15 is 0 Å². The van der Waals surface area contributed by atoms with Crippen LogP contribution in [0.25, 0.3) is 0 Å². The Morgan fingerprint density at radius 1 is 1.41 bits per heavy atom. The second kappa shape index (κ2) is 5.62. The molecule has 2 N–H and O–H groups in total. The van der Waals surface area contributed by atoms with Crippen molar-refractivity contribution in [3.63, 3.8) is 0 Å². The maximum Gasteiger partial charge on any atom is 0.407 e. The van der Waals surface area contributed by atoms with Crippen molar-refractivity contribution in [2.24, 2.45) is 5.92 Å². The quantitative estimate of drug-likeness (QED) is 0.791. The number of hydrogen-bond donors (Lipinski definition) is 2. The van der Waals surface area contributed by atoms with Gasteiger partial charge in [0.25, 0.3) is 0 Å². The van der Waals surface area contributed by atoms with Gasteiger partial charge in [-0.15, -0.1) is 0 Å². The lowest BCUT2D eigenvalue weighted by molar-refractivity contribution is -0.141. The Morgan fingerprint density at radius 3 is 2.59 bits per heavy atom. The first kappa shape index (κ1) is 14.2. The molecule has 1 aliphatic rings. The lowest BCUT2D eigenvalue weighted by Gasteiger charge is -2.30. The molecule has 0 radical (unpaired) electrons. The Balaban J connectivity index is 2.53. The van der Waals surface area contributed by atoms with Crippen LogP contribution in [0.5, 0.6) is 0 Å². The summed E-state index contributed by atoms with van der Waals surface area (Å²) in [6.45, 7) is 5.33. The van der Waals surface area contributed by atoms with Crippen LogP contribution in [-0.2, 0) is 9.53 Å². The fraction of sp³-hybridized carbons (Fsp3) is 0.818. The number of rotatable bonds is 2. The number of alkyl carbamates (subject to hydrolysis) is 1. The van der Waals surface area contributed by atoms with Crippen molar-refractivity contribution in [3.8, 4) is 0 Å². The normalized spacial score (nSPS) is 25.1. The third kappa shape index (κ3) is 4.85. The molecule has 0 spiro atoms. The number of thioether (sulfide) groups is 1. The number of carboxylic acids is 1. The van der Waals surface area contributed by atoms with Crippen molar-refractivity contribution in [1.29, 1.82) is 0 Å². The molecule has 0 aromatic rings. The molecule has 1 heterocycles. The number of carboxylic acid groups (broad SMARTS) is 1. The molecule has 1 amide bonds. The summed E-state index contributed by atoms with van der Waals surface area (Å²) in [5.41, 5.74) is -0.563. The lowest BCUT2D eigenvalue weighted by Crippen LogP contribution is -2.48. The molecule has 1 rings (SSSR count). The summed E-state index contributed by atoms with van der Waals surface area (Å²) in [4.78, 5) is 22.6. The summed E-state index contributed by atoms with van der Waals surface area (Å²) >= 11 is 1.60. The van der Waals surface area contributed by atoms with Gasteiger partial charge < -0.3 is 15.2 Å². The molecule has 0 unspecified atom stereocenters. The number of carbonyl (C=O) groups is 2. The van der Waals surface area contributed by atoms with E-state index in [1.165, 1.54) is 0 Å². The smallest absolute Gasteiger partial charge is 0.407 e. The van der Waals surface area contributed by atoms with Gasteiger partial charge >= 0.3 is 12.1 Å². The molecule has 1 aliphatic heterocycles. The lowest BCUT2D eigenvalue weighted by atomic mass is 9.99. The maximum atomic E-state index is 11.6. The van der Waals surface area contributed by atoms with E-state index in [0.717, 1.165) is 5.75 Å². The van der Waals surface area contributed by atoms with Gasteiger partial charge in [0.1, 0.15) is 5.60 Å². The SMILES string of the molecule is CC(C)(C)OC(=O)N[C@@H]1CCSC[C@H]1C(=O)O. The van der Waals surface area contributed by atoms with E-state index in [2.05, 4.69) is 5.32 Å². The van der Waals surface area contributed by atoms with Crippen LogP contribution >= 0.6 is 11.8 Å². The van der Waals surface area contributed by atoms with Gasteiger partial charge in [-0.25, -0.2) is 4.79 Å². The number of amides is 1. The number of ether oxygens (including phenoxy) is 1. The summed E-state index contributed by atoms with van der Waals surface area (Å²) in [6.07, 6.45) is 0.126. The van der Waals surface area contributed by atoms with Gasteiger partial charge in [-0.1, -0.05) is 0 Å². The summed E-state index contributed by atoms with van der Waals surface area (Å²) in [5.74, 6) is 0.0135. The van der Waals surface area contributed by atoms with Crippen LogP contribution in [0, 0.1) is 5.92 Å². The fourth-order valence-corrected chi connectivity index (χ4v) is 2.83. The average Bonchev–Trinajstić information content (AvgIpc) is 2.14. The van der Waals surface area contributed by atoms with Crippen LogP contribution in [-0.4, -0.2) is 40.3 Å². The topological polar surface area (TPSA) is 75.6 Å². The first-order chi connectivity index (χ1) is 7.79. The summed E-state index contributed by atoms with van der Waals surface area (Å²) in [5, 5.41) is 11.7. The maximum absolute atomic E-state index is 11.6. The van der Waals surface area contributed by atoms with Gasteiger partial charge in [0.05, 0.1) is 5.92 Å². The molecule has 6 heteroatoms. The van der Waals surface area contributed by atoms with Crippen LogP contribution in [0.2, 0.25) is 0 Å². The van der Waals surface area contributed by atoms with E-state index in [-0.39, 0.29) is 6.04 Å². The van der Waals surface area contributed by atoms with E-state index in [4.69, 9.17) is 9.84 Å². The van der Waals surface area contributed by atoms with E-state index < -0.39 is 23.6 Å². The molecule has 0 saturated carbocycles. The van der Waals surface area contributed by atoms with E-state index in [9.17, 15) is 9.59 Å². The highest BCUT2D eigenvalue weighted by molar-refractivity contribution is 7.99. The molecule has 17 heavy (non-hydrogen) atoms. The largest absolute Gasteiger partial charge is 0.481 e. The number of aliphatic carboxylic acids is 1. The Labute approximate surface area is 105 Å².